The van der Waals surface area contributed by atoms with Gasteiger partial charge in [-0.25, -0.2) is 0 Å². The molecule has 1 N–H and O–H groups in total. The summed E-state index contributed by atoms with van der Waals surface area (Å²) in [4.78, 5) is 2.63. The second kappa shape index (κ2) is 8.43. The molecule has 0 amide bonds. The number of aliphatic hydroxyl groups excluding tert-OH is 1. The maximum Gasteiger partial charge on any atom is 0.0431 e. The highest BCUT2D eigenvalue weighted by atomic mass is 32.2. The van der Waals surface area contributed by atoms with Gasteiger partial charge in [0.1, 0.15) is 0 Å². The molecule has 0 aromatic carbocycles. The molecule has 3 heteroatoms. The Morgan fingerprint density at radius 1 is 1.40 bits per heavy atom. The summed E-state index contributed by atoms with van der Waals surface area (Å²) in [7, 11) is 0. The van der Waals surface area contributed by atoms with Crippen LogP contribution in [0.5, 0.6) is 0 Å². The molecule has 0 spiro atoms. The number of hydrogen-bond acceptors (Lipinski definition) is 3. The van der Waals surface area contributed by atoms with Crippen molar-refractivity contribution in [1.29, 1.82) is 0 Å². The van der Waals surface area contributed by atoms with Crippen molar-refractivity contribution in [2.45, 2.75) is 45.1 Å². The van der Waals surface area contributed by atoms with Crippen molar-refractivity contribution in [3.63, 3.8) is 0 Å². The molecule has 1 atom stereocenters. The fourth-order valence-corrected chi connectivity index (χ4v) is 2.98. The zero-order valence-electron chi connectivity index (χ0n) is 9.95. The summed E-state index contributed by atoms with van der Waals surface area (Å²) in [5.74, 6) is 2.55. The van der Waals surface area contributed by atoms with E-state index in [-0.39, 0.29) is 0 Å². The molecule has 1 fully saturated rings. The molecule has 90 valence electrons. The van der Waals surface area contributed by atoms with Gasteiger partial charge in [-0.05, 0) is 56.7 Å². The molecule has 1 heterocycles. The Balaban J connectivity index is 2.09. The monoisotopic (exact) mass is 231 g/mol. The van der Waals surface area contributed by atoms with Crippen LogP contribution in [0.1, 0.15) is 39.0 Å². The highest BCUT2D eigenvalue weighted by molar-refractivity contribution is 7.99. The molecule has 0 saturated carbocycles. The van der Waals surface area contributed by atoms with Crippen molar-refractivity contribution < 1.29 is 5.11 Å². The van der Waals surface area contributed by atoms with E-state index >= 15 is 0 Å². The van der Waals surface area contributed by atoms with Gasteiger partial charge in [0.2, 0.25) is 0 Å². The lowest BCUT2D eigenvalue weighted by Crippen LogP contribution is -2.30. The maximum atomic E-state index is 8.84. The number of hydrogen-bond donors (Lipinski definition) is 1. The standard InChI is InChI=1S/C12H25NOS/c1-2-15-11-5-9-13-8-3-6-12(13)7-4-10-14/h12,14H,2-11H2,1H3. The first-order valence-electron chi connectivity index (χ1n) is 6.31. The van der Waals surface area contributed by atoms with Crippen LogP contribution in [0.4, 0.5) is 0 Å². The molecule has 1 unspecified atom stereocenters. The summed E-state index contributed by atoms with van der Waals surface area (Å²) in [6.07, 6.45) is 6.20. The molecule has 0 aliphatic carbocycles. The summed E-state index contributed by atoms with van der Waals surface area (Å²) < 4.78 is 0. The Bertz CT molecular complexity index is 155. The van der Waals surface area contributed by atoms with Crippen LogP contribution in [0.25, 0.3) is 0 Å². The quantitative estimate of drug-likeness (QED) is 0.649. The first-order chi connectivity index (χ1) is 7.38. The van der Waals surface area contributed by atoms with E-state index < -0.39 is 0 Å². The Kier molecular flexibility index (Phi) is 7.49. The maximum absolute atomic E-state index is 8.84. The lowest BCUT2D eigenvalue weighted by molar-refractivity contribution is 0.217. The molecule has 0 aromatic heterocycles. The molecule has 0 radical (unpaired) electrons. The number of rotatable bonds is 8. The van der Waals surface area contributed by atoms with Crippen LogP contribution in [0, 0.1) is 0 Å². The van der Waals surface area contributed by atoms with Crippen molar-refractivity contribution in [3.8, 4) is 0 Å². The summed E-state index contributed by atoms with van der Waals surface area (Å²) in [5, 5.41) is 8.84. The summed E-state index contributed by atoms with van der Waals surface area (Å²) in [6, 6.07) is 0.767. The molecular formula is C12H25NOS. The first kappa shape index (κ1) is 13.3. The molecule has 2 nitrogen and oxygen atoms in total. The third-order valence-corrected chi connectivity index (χ3v) is 4.12. The van der Waals surface area contributed by atoms with E-state index in [1.807, 2.05) is 11.8 Å². The third kappa shape index (κ3) is 5.23. The molecule has 15 heavy (non-hydrogen) atoms. The van der Waals surface area contributed by atoms with Crippen LogP contribution < -0.4 is 0 Å². The molecule has 1 aliphatic rings. The Hall–Kier alpha value is 0.270. The van der Waals surface area contributed by atoms with E-state index in [2.05, 4.69) is 11.8 Å². The van der Waals surface area contributed by atoms with Crippen LogP contribution >= 0.6 is 11.8 Å². The summed E-state index contributed by atoms with van der Waals surface area (Å²) in [5.41, 5.74) is 0. The van der Waals surface area contributed by atoms with E-state index in [4.69, 9.17) is 5.11 Å². The molecular weight excluding hydrogens is 206 g/mol. The second-order valence-electron chi connectivity index (χ2n) is 4.25. The van der Waals surface area contributed by atoms with Crippen molar-refractivity contribution in [3.05, 3.63) is 0 Å². The molecule has 1 saturated heterocycles. The fraction of sp³-hybridized carbons (Fsp3) is 1.00. The van der Waals surface area contributed by atoms with Gasteiger partial charge in [0.05, 0.1) is 0 Å². The number of thioether (sulfide) groups is 1. The molecule has 1 aliphatic heterocycles. The number of likely N-dealkylation sites (tertiary alicyclic amines) is 1. The molecule has 0 bridgehead atoms. The average Bonchev–Trinajstić information content (AvgIpc) is 2.69. The number of nitrogens with zero attached hydrogens (tertiary/aromatic N) is 1. The topological polar surface area (TPSA) is 23.5 Å². The van der Waals surface area contributed by atoms with E-state index in [1.54, 1.807) is 0 Å². The Labute approximate surface area is 98.4 Å². The van der Waals surface area contributed by atoms with Gasteiger partial charge < -0.3 is 10.0 Å². The third-order valence-electron chi connectivity index (χ3n) is 3.13. The van der Waals surface area contributed by atoms with E-state index in [9.17, 15) is 0 Å². The van der Waals surface area contributed by atoms with Gasteiger partial charge in [0.25, 0.3) is 0 Å². The Morgan fingerprint density at radius 3 is 3.00 bits per heavy atom. The lowest BCUT2D eigenvalue weighted by atomic mass is 10.1. The number of aliphatic hydroxyl groups is 1. The van der Waals surface area contributed by atoms with Crippen LogP contribution in [-0.2, 0) is 0 Å². The van der Waals surface area contributed by atoms with Crippen molar-refractivity contribution in [1.82, 2.24) is 4.90 Å². The van der Waals surface area contributed by atoms with Gasteiger partial charge in [-0.2, -0.15) is 11.8 Å². The predicted octanol–water partition coefficient (Wildman–Crippen LogP) is 2.37. The zero-order valence-corrected chi connectivity index (χ0v) is 10.8. The minimum absolute atomic E-state index is 0.357. The summed E-state index contributed by atoms with van der Waals surface area (Å²) in [6.45, 7) is 5.14. The van der Waals surface area contributed by atoms with Crippen molar-refractivity contribution >= 4 is 11.8 Å². The van der Waals surface area contributed by atoms with E-state index in [0.717, 1.165) is 12.5 Å². The second-order valence-corrected chi connectivity index (χ2v) is 5.64. The fourth-order valence-electron chi connectivity index (χ4n) is 2.36. The normalized spacial score (nSPS) is 22.4. The van der Waals surface area contributed by atoms with Crippen LogP contribution in [0.3, 0.4) is 0 Å². The smallest absolute Gasteiger partial charge is 0.0431 e. The van der Waals surface area contributed by atoms with Gasteiger partial charge in [-0.15, -0.1) is 0 Å². The minimum Gasteiger partial charge on any atom is -0.396 e. The van der Waals surface area contributed by atoms with Crippen molar-refractivity contribution in [2.24, 2.45) is 0 Å². The molecule has 0 aromatic rings. The average molecular weight is 231 g/mol. The first-order valence-corrected chi connectivity index (χ1v) is 7.46. The minimum atomic E-state index is 0.357. The van der Waals surface area contributed by atoms with Gasteiger partial charge >= 0.3 is 0 Å². The highest BCUT2D eigenvalue weighted by Crippen LogP contribution is 2.21. The summed E-state index contributed by atoms with van der Waals surface area (Å²) >= 11 is 2.04. The van der Waals surface area contributed by atoms with Gasteiger partial charge in [-0.1, -0.05) is 6.92 Å². The predicted molar refractivity (Wildman–Crippen MR) is 68.5 cm³/mol. The SMILES string of the molecule is CCSCCCN1CCCC1CCCO. The Morgan fingerprint density at radius 2 is 2.27 bits per heavy atom. The van der Waals surface area contributed by atoms with Crippen LogP contribution in [0.15, 0.2) is 0 Å². The van der Waals surface area contributed by atoms with Crippen LogP contribution in [0.2, 0.25) is 0 Å². The van der Waals surface area contributed by atoms with E-state index in [0.29, 0.717) is 6.61 Å². The highest BCUT2D eigenvalue weighted by Gasteiger charge is 2.22. The van der Waals surface area contributed by atoms with Gasteiger partial charge in [0, 0.05) is 12.6 Å². The van der Waals surface area contributed by atoms with Gasteiger partial charge in [-0.3, -0.25) is 0 Å². The van der Waals surface area contributed by atoms with Crippen molar-refractivity contribution in [2.75, 3.05) is 31.2 Å². The lowest BCUT2D eigenvalue weighted by Gasteiger charge is -2.24. The van der Waals surface area contributed by atoms with Gasteiger partial charge in [0.15, 0.2) is 0 Å². The van der Waals surface area contributed by atoms with Crippen LogP contribution in [-0.4, -0.2) is 47.3 Å². The molecule has 1 rings (SSSR count). The van der Waals surface area contributed by atoms with E-state index in [1.165, 1.54) is 50.3 Å². The zero-order chi connectivity index (χ0) is 10.9. The largest absolute Gasteiger partial charge is 0.396 e.